The lowest BCUT2D eigenvalue weighted by atomic mass is 10.1. The van der Waals surface area contributed by atoms with Crippen LogP contribution >= 0.6 is 0 Å². The predicted molar refractivity (Wildman–Crippen MR) is 90.0 cm³/mol. The molecule has 3 rings (SSSR count). The zero-order chi connectivity index (χ0) is 18.1. The van der Waals surface area contributed by atoms with Gasteiger partial charge < -0.3 is 9.15 Å². The lowest BCUT2D eigenvalue weighted by molar-refractivity contribution is -0.384. The van der Waals surface area contributed by atoms with Gasteiger partial charge in [-0.15, -0.1) is 0 Å². The zero-order valence-corrected chi connectivity index (χ0v) is 13.4. The summed E-state index contributed by atoms with van der Waals surface area (Å²) in [6.07, 6.45) is 0. The van der Waals surface area contributed by atoms with Crippen LogP contribution in [0.15, 0.2) is 51.7 Å². The van der Waals surface area contributed by atoms with E-state index in [2.05, 4.69) is 0 Å². The summed E-state index contributed by atoms with van der Waals surface area (Å²) in [4.78, 5) is 33.9. The third-order valence-corrected chi connectivity index (χ3v) is 3.83. The molecule has 0 aliphatic rings. The standard InChI is InChI=1S/C18H13NO6/c1-10-9-16(20)25-17-11(2)15(8-7-14(10)17)24-18(21)12-3-5-13(6-4-12)19(22)23/h3-9H,1-2H3. The number of hydrogen-bond donors (Lipinski definition) is 0. The van der Waals surface area contributed by atoms with Crippen LogP contribution in [0.25, 0.3) is 11.0 Å². The van der Waals surface area contributed by atoms with E-state index in [1.54, 1.807) is 26.0 Å². The molecule has 0 aliphatic heterocycles. The van der Waals surface area contributed by atoms with Crippen LogP contribution in [0.3, 0.4) is 0 Å². The highest BCUT2D eigenvalue weighted by Crippen LogP contribution is 2.28. The molecule has 0 unspecified atom stereocenters. The molecule has 0 spiro atoms. The predicted octanol–water partition coefficient (Wildman–Crippen LogP) is 3.54. The number of carbonyl (C=O) groups is 1. The first-order valence-electron chi connectivity index (χ1n) is 7.37. The maximum Gasteiger partial charge on any atom is 0.343 e. The molecule has 0 fully saturated rings. The molecule has 2 aromatic carbocycles. The molecule has 1 aromatic heterocycles. The molecule has 7 nitrogen and oxygen atoms in total. The summed E-state index contributed by atoms with van der Waals surface area (Å²) in [7, 11) is 0. The SMILES string of the molecule is Cc1cc(=O)oc2c(C)c(OC(=O)c3ccc([N+](=O)[O-])cc3)ccc12. The Morgan fingerprint density at radius 1 is 1.12 bits per heavy atom. The Kier molecular flexibility index (Phi) is 4.06. The molecule has 0 N–H and O–H groups in total. The minimum atomic E-state index is -0.660. The number of non-ortho nitro benzene ring substituents is 1. The fourth-order valence-corrected chi connectivity index (χ4v) is 2.49. The second-order valence-corrected chi connectivity index (χ2v) is 5.51. The minimum absolute atomic E-state index is 0.115. The largest absolute Gasteiger partial charge is 0.423 e. The molecule has 126 valence electrons. The van der Waals surface area contributed by atoms with Crippen molar-refractivity contribution in [1.82, 2.24) is 0 Å². The van der Waals surface area contributed by atoms with E-state index < -0.39 is 16.5 Å². The number of hydrogen-bond acceptors (Lipinski definition) is 6. The number of ether oxygens (including phenoxy) is 1. The van der Waals surface area contributed by atoms with Gasteiger partial charge in [0.15, 0.2) is 0 Å². The Bertz CT molecular complexity index is 1050. The highest BCUT2D eigenvalue weighted by molar-refractivity contribution is 5.92. The molecule has 0 atom stereocenters. The molecule has 0 saturated carbocycles. The van der Waals surface area contributed by atoms with E-state index in [9.17, 15) is 19.7 Å². The minimum Gasteiger partial charge on any atom is -0.423 e. The van der Waals surface area contributed by atoms with Crippen molar-refractivity contribution in [3.05, 3.63) is 79.7 Å². The topological polar surface area (TPSA) is 99.7 Å². The van der Waals surface area contributed by atoms with Gasteiger partial charge in [0.1, 0.15) is 11.3 Å². The van der Waals surface area contributed by atoms with Crippen molar-refractivity contribution in [1.29, 1.82) is 0 Å². The summed E-state index contributed by atoms with van der Waals surface area (Å²) >= 11 is 0. The van der Waals surface area contributed by atoms with E-state index in [-0.39, 0.29) is 17.0 Å². The van der Waals surface area contributed by atoms with Gasteiger partial charge in [-0.3, -0.25) is 10.1 Å². The van der Waals surface area contributed by atoms with Crippen LogP contribution in [0.1, 0.15) is 21.5 Å². The number of nitro groups is 1. The van der Waals surface area contributed by atoms with Crippen LogP contribution < -0.4 is 10.4 Å². The third kappa shape index (κ3) is 3.12. The summed E-state index contributed by atoms with van der Waals surface area (Å²) in [6.45, 7) is 3.48. The van der Waals surface area contributed by atoms with Crippen LogP contribution in [0.5, 0.6) is 5.75 Å². The number of aryl methyl sites for hydroxylation is 2. The monoisotopic (exact) mass is 339 g/mol. The molecular weight excluding hydrogens is 326 g/mol. The second kappa shape index (κ2) is 6.20. The summed E-state index contributed by atoms with van der Waals surface area (Å²) < 4.78 is 10.6. The summed E-state index contributed by atoms with van der Waals surface area (Å²) in [6, 6.07) is 9.82. The lowest BCUT2D eigenvalue weighted by Gasteiger charge is -2.10. The molecule has 7 heteroatoms. The Balaban J connectivity index is 1.94. The highest BCUT2D eigenvalue weighted by Gasteiger charge is 2.15. The van der Waals surface area contributed by atoms with Crippen LogP contribution in [0.2, 0.25) is 0 Å². The molecule has 0 aliphatic carbocycles. The van der Waals surface area contributed by atoms with Crippen LogP contribution in [0, 0.1) is 24.0 Å². The summed E-state index contributed by atoms with van der Waals surface area (Å²) in [5.41, 5.74) is 1.23. The van der Waals surface area contributed by atoms with E-state index in [0.717, 1.165) is 10.9 Å². The number of rotatable bonds is 3. The maximum absolute atomic E-state index is 12.2. The van der Waals surface area contributed by atoms with Crippen molar-refractivity contribution < 1.29 is 18.9 Å². The molecule has 0 bridgehead atoms. The first kappa shape index (κ1) is 16.4. The van der Waals surface area contributed by atoms with Crippen molar-refractivity contribution >= 4 is 22.6 Å². The van der Waals surface area contributed by atoms with E-state index in [1.807, 2.05) is 0 Å². The summed E-state index contributed by atoms with van der Waals surface area (Å²) in [5.74, 6) is -0.406. The number of nitrogens with zero attached hydrogens (tertiary/aromatic N) is 1. The van der Waals surface area contributed by atoms with Gasteiger partial charge >= 0.3 is 11.6 Å². The van der Waals surface area contributed by atoms with Gasteiger partial charge in [0.25, 0.3) is 5.69 Å². The summed E-state index contributed by atoms with van der Waals surface area (Å²) in [5, 5.41) is 11.4. The fraction of sp³-hybridized carbons (Fsp3) is 0.111. The van der Waals surface area contributed by atoms with Crippen LogP contribution in [-0.4, -0.2) is 10.9 Å². The fourth-order valence-electron chi connectivity index (χ4n) is 2.49. The number of fused-ring (bicyclic) bond motifs is 1. The smallest absolute Gasteiger partial charge is 0.343 e. The number of esters is 1. The maximum atomic E-state index is 12.2. The molecular formula is C18H13NO6. The zero-order valence-electron chi connectivity index (χ0n) is 13.4. The average molecular weight is 339 g/mol. The van der Waals surface area contributed by atoms with Crippen molar-refractivity contribution in [3.63, 3.8) is 0 Å². The van der Waals surface area contributed by atoms with E-state index in [4.69, 9.17) is 9.15 Å². The van der Waals surface area contributed by atoms with Gasteiger partial charge in [0.2, 0.25) is 0 Å². The average Bonchev–Trinajstić information content (AvgIpc) is 2.57. The van der Waals surface area contributed by atoms with Crippen molar-refractivity contribution in [2.24, 2.45) is 0 Å². The van der Waals surface area contributed by atoms with Crippen LogP contribution in [-0.2, 0) is 0 Å². The molecule has 0 amide bonds. The first-order valence-corrected chi connectivity index (χ1v) is 7.37. The van der Waals surface area contributed by atoms with Gasteiger partial charge in [0.05, 0.1) is 10.5 Å². The van der Waals surface area contributed by atoms with Gasteiger partial charge in [-0.2, -0.15) is 0 Å². The van der Waals surface area contributed by atoms with Gasteiger partial charge in [-0.05, 0) is 43.7 Å². The Morgan fingerprint density at radius 2 is 1.80 bits per heavy atom. The lowest BCUT2D eigenvalue weighted by Crippen LogP contribution is -2.10. The number of nitro benzene ring substituents is 1. The Hall–Kier alpha value is -3.48. The number of carbonyl (C=O) groups excluding carboxylic acids is 1. The van der Waals surface area contributed by atoms with E-state index >= 15 is 0 Å². The van der Waals surface area contributed by atoms with E-state index in [0.29, 0.717) is 11.1 Å². The van der Waals surface area contributed by atoms with E-state index in [1.165, 1.54) is 30.3 Å². The second-order valence-electron chi connectivity index (χ2n) is 5.51. The molecule has 1 heterocycles. The number of benzene rings is 2. The molecule has 0 radical (unpaired) electrons. The molecule has 3 aromatic rings. The van der Waals surface area contributed by atoms with Gasteiger partial charge in [-0.25, -0.2) is 9.59 Å². The van der Waals surface area contributed by atoms with Crippen molar-refractivity contribution in [2.45, 2.75) is 13.8 Å². The molecule has 0 saturated heterocycles. The third-order valence-electron chi connectivity index (χ3n) is 3.83. The van der Waals surface area contributed by atoms with Gasteiger partial charge in [0, 0.05) is 29.1 Å². The highest BCUT2D eigenvalue weighted by atomic mass is 16.6. The normalized spacial score (nSPS) is 10.6. The Morgan fingerprint density at radius 3 is 2.44 bits per heavy atom. The molecule has 25 heavy (non-hydrogen) atoms. The first-order chi connectivity index (χ1) is 11.9. The Labute approximate surface area is 141 Å². The van der Waals surface area contributed by atoms with Crippen molar-refractivity contribution in [2.75, 3.05) is 0 Å². The van der Waals surface area contributed by atoms with Gasteiger partial charge in [-0.1, -0.05) is 0 Å². The van der Waals surface area contributed by atoms with Crippen LogP contribution in [0.4, 0.5) is 5.69 Å². The quantitative estimate of drug-likeness (QED) is 0.238. The van der Waals surface area contributed by atoms with Crippen molar-refractivity contribution in [3.8, 4) is 5.75 Å².